The lowest BCUT2D eigenvalue weighted by Gasteiger charge is -2.20. The highest BCUT2D eigenvalue weighted by Crippen LogP contribution is 2.19. The normalized spacial score (nSPS) is 19.2. The summed E-state index contributed by atoms with van der Waals surface area (Å²) in [4.78, 5) is 15.7. The van der Waals surface area contributed by atoms with Gasteiger partial charge in [-0.05, 0) is 42.4 Å². The summed E-state index contributed by atoms with van der Waals surface area (Å²) >= 11 is 0. The van der Waals surface area contributed by atoms with Crippen molar-refractivity contribution in [2.45, 2.75) is 13.0 Å². The first-order valence-electron chi connectivity index (χ1n) is 8.66. The molecule has 1 N–H and O–H groups in total. The summed E-state index contributed by atoms with van der Waals surface area (Å²) in [6.07, 6.45) is 16.9. The molecule has 1 aliphatic heterocycles. The van der Waals surface area contributed by atoms with Crippen LogP contribution in [0.5, 0.6) is 0 Å². The largest absolute Gasteiger partial charge is 0.347 e. The van der Waals surface area contributed by atoms with E-state index in [1.807, 2.05) is 48.5 Å². The second-order valence-corrected chi connectivity index (χ2v) is 6.83. The number of allylic oxidation sites excluding steroid dienone is 6. The van der Waals surface area contributed by atoms with Crippen LogP contribution in [0, 0.1) is 6.92 Å². The molecule has 25 heavy (non-hydrogen) atoms. The van der Waals surface area contributed by atoms with Crippen LogP contribution in [0.25, 0.3) is 0 Å². The van der Waals surface area contributed by atoms with Crippen LogP contribution in [0.3, 0.4) is 0 Å². The van der Waals surface area contributed by atoms with Crippen LogP contribution in [-0.2, 0) is 0 Å². The minimum absolute atomic E-state index is 0.125. The maximum Gasteiger partial charge on any atom is 0.182 e. The smallest absolute Gasteiger partial charge is 0.182 e. The van der Waals surface area contributed by atoms with Gasteiger partial charge in [-0.1, -0.05) is 42.0 Å². The van der Waals surface area contributed by atoms with E-state index in [2.05, 4.69) is 50.6 Å². The minimum atomic E-state index is 0.125. The number of carbonyl (C=O) groups is 1. The first-order chi connectivity index (χ1) is 12.0. The summed E-state index contributed by atoms with van der Waals surface area (Å²) in [6, 6.07) is 8.17. The van der Waals surface area contributed by atoms with Gasteiger partial charge in [0.05, 0.1) is 20.6 Å². The monoisotopic (exact) mass is 333 g/mol. The summed E-state index contributed by atoms with van der Waals surface area (Å²) in [7, 11) is 4.31. The Bertz CT molecular complexity index is 760. The predicted molar refractivity (Wildman–Crippen MR) is 102 cm³/mol. The Hall–Kier alpha value is -2.65. The Labute approximate surface area is 149 Å². The first-order valence-corrected chi connectivity index (χ1v) is 8.66. The van der Waals surface area contributed by atoms with E-state index < -0.39 is 0 Å². The average Bonchev–Trinajstić information content (AvgIpc) is 2.63. The molecular weight excluding hydrogens is 308 g/mol. The Morgan fingerprint density at radius 2 is 1.52 bits per heavy atom. The van der Waals surface area contributed by atoms with Crippen molar-refractivity contribution in [3.63, 3.8) is 0 Å². The van der Waals surface area contributed by atoms with Crippen molar-refractivity contribution >= 4 is 5.78 Å². The minimum Gasteiger partial charge on any atom is -0.347 e. The van der Waals surface area contributed by atoms with E-state index in [0.717, 1.165) is 11.1 Å². The van der Waals surface area contributed by atoms with Crippen LogP contribution >= 0.6 is 0 Å². The Balaban J connectivity index is 1.64. The number of Topliss-reactive ketones (excluding diaryl/α,β-unsaturated/α-hetero) is 1. The number of hydrogen-bond donors (Lipinski definition) is 1. The lowest BCUT2D eigenvalue weighted by Crippen LogP contribution is -3.09. The highest BCUT2D eigenvalue weighted by molar-refractivity contribution is 5.97. The second kappa shape index (κ2) is 7.49. The van der Waals surface area contributed by atoms with Crippen molar-refractivity contribution < 1.29 is 9.69 Å². The lowest BCUT2D eigenvalue weighted by molar-refractivity contribution is -0.871. The van der Waals surface area contributed by atoms with Crippen LogP contribution in [0.4, 0.5) is 0 Å². The fourth-order valence-electron chi connectivity index (χ4n) is 2.86. The maximum atomic E-state index is 12.4. The molecule has 0 aromatic heterocycles. The molecule has 0 radical (unpaired) electrons. The number of nitrogens with zero attached hydrogens (tertiary/aromatic N) is 1. The zero-order chi connectivity index (χ0) is 17.8. The first kappa shape index (κ1) is 17.2. The summed E-state index contributed by atoms with van der Waals surface area (Å²) in [6.45, 7) is 2.38. The van der Waals surface area contributed by atoms with Gasteiger partial charge in [0.1, 0.15) is 6.04 Å². The fraction of sp³-hybridized carbons (Fsp3) is 0.227. The maximum absolute atomic E-state index is 12.4. The van der Waals surface area contributed by atoms with Gasteiger partial charge in [0.15, 0.2) is 5.78 Å². The van der Waals surface area contributed by atoms with E-state index in [-0.39, 0.29) is 5.78 Å². The van der Waals surface area contributed by atoms with Gasteiger partial charge >= 0.3 is 0 Å². The molecule has 3 rings (SSSR count). The molecule has 0 bridgehead atoms. The van der Waals surface area contributed by atoms with Crippen molar-refractivity contribution in [2.24, 2.45) is 0 Å². The molecule has 3 nitrogen and oxygen atoms in total. The molecular formula is C22H25N2O+. The van der Waals surface area contributed by atoms with Crippen LogP contribution in [-0.4, -0.2) is 37.4 Å². The van der Waals surface area contributed by atoms with E-state index in [4.69, 9.17) is 0 Å². The van der Waals surface area contributed by atoms with Gasteiger partial charge in [-0.25, -0.2) is 0 Å². The second-order valence-electron chi connectivity index (χ2n) is 6.83. The number of benzene rings is 1. The van der Waals surface area contributed by atoms with Crippen LogP contribution < -0.4 is 4.90 Å². The molecule has 3 heteroatoms. The third-order valence-corrected chi connectivity index (χ3v) is 4.56. The predicted octanol–water partition coefficient (Wildman–Crippen LogP) is 2.46. The van der Waals surface area contributed by atoms with E-state index in [1.54, 1.807) is 0 Å². The molecule has 128 valence electrons. The van der Waals surface area contributed by atoms with Crippen LogP contribution in [0.15, 0.2) is 84.3 Å². The molecule has 0 unspecified atom stereocenters. The number of hydrogen-bond acceptors (Lipinski definition) is 2. The molecule has 0 saturated heterocycles. The van der Waals surface area contributed by atoms with Crippen molar-refractivity contribution in [3.05, 3.63) is 95.4 Å². The van der Waals surface area contributed by atoms with E-state index in [0.29, 0.717) is 12.6 Å². The number of carbonyl (C=O) groups excluding carboxylic acids is 1. The molecule has 0 atom stereocenters. The zero-order valence-corrected chi connectivity index (χ0v) is 15.1. The molecule has 1 heterocycles. The molecule has 1 aliphatic carbocycles. The molecule has 1 aromatic carbocycles. The van der Waals surface area contributed by atoms with Crippen molar-refractivity contribution in [1.29, 1.82) is 0 Å². The lowest BCUT2D eigenvalue weighted by atomic mass is 9.99. The number of quaternary nitrogens is 1. The number of nitrogens with one attached hydrogen (secondary N) is 1. The summed E-state index contributed by atoms with van der Waals surface area (Å²) < 4.78 is 0. The number of rotatable bonds is 4. The van der Waals surface area contributed by atoms with Gasteiger partial charge in [0.25, 0.3) is 0 Å². The van der Waals surface area contributed by atoms with E-state index in [1.165, 1.54) is 16.0 Å². The topological polar surface area (TPSA) is 24.8 Å². The highest BCUT2D eigenvalue weighted by atomic mass is 16.1. The van der Waals surface area contributed by atoms with Gasteiger partial charge in [0, 0.05) is 18.0 Å². The molecule has 0 fully saturated rings. The number of aryl methyl sites for hydroxylation is 1. The standard InChI is InChI=1S/C22H24N2O/c1-17-4-6-20(7-5-17)22(25)16-24-14-12-19(13-15-24)18-8-10-21(11-9-18)23(2)3/h4-15,21H,16H2,1-3H3/p+1. The average molecular weight is 333 g/mol. The SMILES string of the molecule is Cc1ccc(C(=O)CN2C=CC(=C3C=CC([NH+](C)C)C=C3)C=C2)cc1. The van der Waals surface area contributed by atoms with Crippen LogP contribution in [0.1, 0.15) is 15.9 Å². The number of ketones is 1. The molecule has 2 aliphatic rings. The Kier molecular flexibility index (Phi) is 5.15. The number of likely N-dealkylation sites (N-methyl/N-ethyl adjacent to an activating group) is 1. The van der Waals surface area contributed by atoms with Gasteiger partial charge in [-0.15, -0.1) is 0 Å². The van der Waals surface area contributed by atoms with Gasteiger partial charge < -0.3 is 9.80 Å². The van der Waals surface area contributed by atoms with Crippen LogP contribution in [0.2, 0.25) is 0 Å². The van der Waals surface area contributed by atoms with Gasteiger partial charge in [0.2, 0.25) is 0 Å². The third kappa shape index (κ3) is 4.25. The quantitative estimate of drug-likeness (QED) is 0.856. The van der Waals surface area contributed by atoms with E-state index in [9.17, 15) is 4.79 Å². The molecule has 0 spiro atoms. The molecule has 0 saturated carbocycles. The summed E-state index contributed by atoms with van der Waals surface area (Å²) in [5.74, 6) is 0.125. The molecule has 0 amide bonds. The highest BCUT2D eigenvalue weighted by Gasteiger charge is 2.13. The summed E-state index contributed by atoms with van der Waals surface area (Å²) in [5, 5.41) is 0. The van der Waals surface area contributed by atoms with Crippen molar-refractivity contribution in [2.75, 3.05) is 20.6 Å². The Morgan fingerprint density at radius 3 is 2.08 bits per heavy atom. The van der Waals surface area contributed by atoms with Gasteiger partial charge in [-0.2, -0.15) is 0 Å². The van der Waals surface area contributed by atoms with Crippen molar-refractivity contribution in [1.82, 2.24) is 4.90 Å². The summed E-state index contributed by atoms with van der Waals surface area (Å²) in [5.41, 5.74) is 4.29. The Morgan fingerprint density at radius 1 is 0.960 bits per heavy atom. The zero-order valence-electron chi connectivity index (χ0n) is 15.1. The van der Waals surface area contributed by atoms with E-state index >= 15 is 0 Å². The fourth-order valence-corrected chi connectivity index (χ4v) is 2.86. The van der Waals surface area contributed by atoms with Crippen molar-refractivity contribution in [3.8, 4) is 0 Å². The third-order valence-electron chi connectivity index (χ3n) is 4.56. The van der Waals surface area contributed by atoms with Gasteiger partial charge in [-0.3, -0.25) is 4.79 Å². The molecule has 1 aromatic rings.